The van der Waals surface area contributed by atoms with Gasteiger partial charge in [-0.05, 0) is 62.1 Å². The van der Waals surface area contributed by atoms with Crippen LogP contribution >= 0.6 is 11.3 Å². The van der Waals surface area contributed by atoms with Gasteiger partial charge in [0.15, 0.2) is 5.76 Å². The van der Waals surface area contributed by atoms with E-state index in [1.165, 1.54) is 11.6 Å². The zero-order chi connectivity index (χ0) is 25.4. The zero-order valence-corrected chi connectivity index (χ0v) is 21.1. The molecule has 0 aliphatic heterocycles. The third-order valence-corrected chi connectivity index (χ3v) is 6.26. The van der Waals surface area contributed by atoms with Crippen LogP contribution in [0.5, 0.6) is 5.75 Å². The zero-order valence-electron chi connectivity index (χ0n) is 20.3. The molecular weight excluding hydrogens is 470 g/mol. The number of carbonyl (C=O) groups is 3. The summed E-state index contributed by atoms with van der Waals surface area (Å²) in [6.45, 7) is 7.83. The van der Waals surface area contributed by atoms with Crippen molar-refractivity contribution in [1.29, 1.82) is 0 Å². The first-order valence-corrected chi connectivity index (χ1v) is 12.3. The first kappa shape index (κ1) is 26.0. The number of hydrogen-bond donors (Lipinski definition) is 1. The van der Waals surface area contributed by atoms with Crippen LogP contribution in [0, 0.1) is 6.92 Å². The summed E-state index contributed by atoms with van der Waals surface area (Å²) in [5, 5.41) is 2.87. The monoisotopic (exact) mass is 499 g/mol. The van der Waals surface area contributed by atoms with Gasteiger partial charge in [0.05, 0.1) is 18.8 Å². The molecule has 0 saturated carbocycles. The Hall–Kier alpha value is -3.59. The number of furan rings is 1. The molecule has 35 heavy (non-hydrogen) atoms. The molecule has 9 heteroatoms. The van der Waals surface area contributed by atoms with E-state index in [0.717, 1.165) is 17.8 Å². The number of rotatable bonds is 11. The summed E-state index contributed by atoms with van der Waals surface area (Å²) in [5.41, 5.74) is 1.74. The highest BCUT2D eigenvalue weighted by Crippen LogP contribution is 2.35. The van der Waals surface area contributed by atoms with Crippen LogP contribution in [0.25, 0.3) is 0 Å². The summed E-state index contributed by atoms with van der Waals surface area (Å²) >= 11 is 0.963. The SMILES string of the molecule is CCCOC(=O)c1c(NC(=O)c2ccc(COc3ccc(CC)cc3)o2)sc(C(=O)OCC)c1C. The predicted octanol–water partition coefficient (Wildman–Crippen LogP) is 5.79. The van der Waals surface area contributed by atoms with E-state index in [1.807, 2.05) is 31.2 Å². The molecule has 1 amide bonds. The van der Waals surface area contributed by atoms with Crippen molar-refractivity contribution >= 4 is 34.2 Å². The molecule has 8 nitrogen and oxygen atoms in total. The average Bonchev–Trinajstić information content (AvgIpc) is 3.46. The number of hydrogen-bond acceptors (Lipinski definition) is 8. The lowest BCUT2D eigenvalue weighted by atomic mass is 10.1. The van der Waals surface area contributed by atoms with Crippen LogP contribution < -0.4 is 10.1 Å². The standard InChI is InChI=1S/C26H29NO7S/c1-5-14-32-25(29)21-16(4)22(26(30)31-7-3)35-24(21)27-23(28)20-13-12-19(34-20)15-33-18-10-8-17(6-2)9-11-18/h8-13H,5-7,14-15H2,1-4H3,(H,27,28). The van der Waals surface area contributed by atoms with Gasteiger partial charge in [0.1, 0.15) is 28.0 Å². The second-order valence-electron chi connectivity index (χ2n) is 7.62. The molecule has 3 aromatic rings. The fourth-order valence-corrected chi connectivity index (χ4v) is 4.31. The Morgan fingerprint density at radius 1 is 0.971 bits per heavy atom. The molecular formula is C26H29NO7S. The van der Waals surface area contributed by atoms with Gasteiger partial charge in [-0.2, -0.15) is 0 Å². The molecule has 2 aromatic heterocycles. The highest BCUT2D eigenvalue weighted by Gasteiger charge is 2.28. The van der Waals surface area contributed by atoms with E-state index >= 15 is 0 Å². The summed E-state index contributed by atoms with van der Waals surface area (Å²) in [6.07, 6.45) is 1.58. The van der Waals surface area contributed by atoms with E-state index < -0.39 is 17.8 Å². The van der Waals surface area contributed by atoms with Crippen molar-refractivity contribution in [2.24, 2.45) is 0 Å². The third-order valence-electron chi connectivity index (χ3n) is 5.07. The summed E-state index contributed by atoms with van der Waals surface area (Å²) in [4.78, 5) is 38.1. The van der Waals surface area contributed by atoms with Crippen LogP contribution in [0.15, 0.2) is 40.8 Å². The minimum absolute atomic E-state index is 0.0431. The number of aryl methyl sites for hydroxylation is 1. The van der Waals surface area contributed by atoms with Crippen LogP contribution in [-0.2, 0) is 22.5 Å². The van der Waals surface area contributed by atoms with Crippen LogP contribution in [0.1, 0.15) is 74.7 Å². The molecule has 0 aliphatic carbocycles. The van der Waals surface area contributed by atoms with Gasteiger partial charge < -0.3 is 23.9 Å². The number of thiophene rings is 1. The van der Waals surface area contributed by atoms with E-state index in [2.05, 4.69) is 12.2 Å². The number of amides is 1. The van der Waals surface area contributed by atoms with Gasteiger partial charge in [-0.25, -0.2) is 9.59 Å². The number of nitrogens with one attached hydrogen (secondary N) is 1. The molecule has 0 radical (unpaired) electrons. The Morgan fingerprint density at radius 3 is 2.37 bits per heavy atom. The number of carbonyl (C=O) groups excluding carboxylic acids is 3. The molecule has 0 atom stereocenters. The van der Waals surface area contributed by atoms with Crippen LogP contribution in [0.2, 0.25) is 0 Å². The Bertz CT molecular complexity index is 1180. The molecule has 1 N–H and O–H groups in total. The lowest BCUT2D eigenvalue weighted by Gasteiger charge is -2.07. The summed E-state index contributed by atoms with van der Waals surface area (Å²) in [7, 11) is 0. The smallest absolute Gasteiger partial charge is 0.348 e. The van der Waals surface area contributed by atoms with Gasteiger partial charge in [-0.3, -0.25) is 4.79 Å². The van der Waals surface area contributed by atoms with Gasteiger partial charge in [0, 0.05) is 0 Å². The maximum absolute atomic E-state index is 12.9. The maximum Gasteiger partial charge on any atom is 0.348 e. The minimum Gasteiger partial charge on any atom is -0.486 e. The number of benzene rings is 1. The van der Waals surface area contributed by atoms with E-state index in [-0.39, 0.29) is 41.0 Å². The Kier molecular flexibility index (Phi) is 9.08. The Balaban J connectivity index is 1.74. The average molecular weight is 500 g/mol. The van der Waals surface area contributed by atoms with Crippen LogP contribution in [-0.4, -0.2) is 31.1 Å². The van der Waals surface area contributed by atoms with Crippen LogP contribution in [0.4, 0.5) is 5.00 Å². The largest absolute Gasteiger partial charge is 0.486 e. The Morgan fingerprint density at radius 2 is 1.71 bits per heavy atom. The highest BCUT2D eigenvalue weighted by molar-refractivity contribution is 7.18. The molecule has 1 aromatic carbocycles. The van der Waals surface area contributed by atoms with Gasteiger partial charge in [-0.1, -0.05) is 26.0 Å². The Labute approximate surface area is 208 Å². The summed E-state index contributed by atoms with van der Waals surface area (Å²) in [6, 6.07) is 10.9. The number of anilines is 1. The molecule has 3 rings (SSSR count). The normalized spacial score (nSPS) is 10.6. The molecule has 0 fully saturated rings. The first-order valence-electron chi connectivity index (χ1n) is 11.5. The third kappa shape index (κ3) is 6.51. The first-order chi connectivity index (χ1) is 16.9. The van der Waals surface area contributed by atoms with Crippen molar-refractivity contribution in [2.45, 2.75) is 47.1 Å². The van der Waals surface area contributed by atoms with Crippen molar-refractivity contribution in [3.8, 4) is 5.75 Å². The maximum atomic E-state index is 12.9. The fourth-order valence-electron chi connectivity index (χ4n) is 3.22. The second-order valence-corrected chi connectivity index (χ2v) is 8.64. The molecule has 186 valence electrons. The number of esters is 2. The van der Waals surface area contributed by atoms with E-state index in [4.69, 9.17) is 18.6 Å². The second kappa shape index (κ2) is 12.2. The molecule has 0 spiro atoms. The van der Waals surface area contributed by atoms with Crippen molar-refractivity contribution in [1.82, 2.24) is 0 Å². The van der Waals surface area contributed by atoms with Crippen LogP contribution in [0.3, 0.4) is 0 Å². The van der Waals surface area contributed by atoms with Crippen molar-refractivity contribution in [2.75, 3.05) is 18.5 Å². The predicted molar refractivity (Wildman–Crippen MR) is 132 cm³/mol. The molecule has 0 bridgehead atoms. The number of ether oxygens (including phenoxy) is 3. The van der Waals surface area contributed by atoms with E-state index in [0.29, 0.717) is 23.5 Å². The van der Waals surface area contributed by atoms with E-state index in [1.54, 1.807) is 19.9 Å². The molecule has 0 saturated heterocycles. The molecule has 2 heterocycles. The summed E-state index contributed by atoms with van der Waals surface area (Å²) in [5.74, 6) is -0.544. The van der Waals surface area contributed by atoms with Gasteiger partial charge in [-0.15, -0.1) is 11.3 Å². The lowest BCUT2D eigenvalue weighted by Crippen LogP contribution is -2.14. The van der Waals surface area contributed by atoms with Crippen molar-refractivity contribution < 1.29 is 33.0 Å². The van der Waals surface area contributed by atoms with Gasteiger partial charge in [0.25, 0.3) is 5.91 Å². The summed E-state index contributed by atoms with van der Waals surface area (Å²) < 4.78 is 21.7. The topological polar surface area (TPSA) is 104 Å². The van der Waals surface area contributed by atoms with Gasteiger partial charge >= 0.3 is 11.9 Å². The minimum atomic E-state index is -0.617. The van der Waals surface area contributed by atoms with Crippen molar-refractivity contribution in [3.05, 3.63) is 69.5 Å². The molecule has 0 aliphatic rings. The lowest BCUT2D eigenvalue weighted by molar-refractivity contribution is 0.0506. The fraction of sp³-hybridized carbons (Fsp3) is 0.346. The van der Waals surface area contributed by atoms with Crippen molar-refractivity contribution in [3.63, 3.8) is 0 Å². The van der Waals surface area contributed by atoms with E-state index in [9.17, 15) is 14.4 Å². The highest BCUT2D eigenvalue weighted by atomic mass is 32.1. The molecule has 0 unspecified atom stereocenters. The van der Waals surface area contributed by atoms with Gasteiger partial charge in [0.2, 0.25) is 0 Å². The quantitative estimate of drug-likeness (QED) is 0.333.